The van der Waals surface area contributed by atoms with Gasteiger partial charge in [-0.25, -0.2) is 0 Å². The lowest BCUT2D eigenvalue weighted by atomic mass is 10.0. The molecule has 170 valence electrons. The molecule has 0 bridgehead atoms. The van der Waals surface area contributed by atoms with Crippen LogP contribution in [0.5, 0.6) is 5.75 Å². The van der Waals surface area contributed by atoms with E-state index in [4.69, 9.17) is 16.3 Å². The molecule has 5 nitrogen and oxygen atoms in total. The van der Waals surface area contributed by atoms with Crippen LogP contribution in [0.15, 0.2) is 78.7 Å². The third-order valence-electron chi connectivity index (χ3n) is 5.62. The minimum Gasteiger partial charge on any atom is -0.491 e. The fourth-order valence-electron chi connectivity index (χ4n) is 3.97. The SMILES string of the molecule is C=CCN(CC(=O)N1CCc2sccc2C1COc1ccc(Cl)cc1)C(=O)c1ccccc1. The summed E-state index contributed by atoms with van der Waals surface area (Å²) in [7, 11) is 0. The number of amides is 2. The second-order valence-corrected chi connectivity index (χ2v) is 9.19. The van der Waals surface area contributed by atoms with E-state index in [1.54, 1.807) is 41.7 Å². The number of carbonyl (C=O) groups excluding carboxylic acids is 2. The highest BCUT2D eigenvalue weighted by atomic mass is 35.5. The predicted molar refractivity (Wildman–Crippen MR) is 132 cm³/mol. The largest absolute Gasteiger partial charge is 0.491 e. The molecule has 0 aliphatic carbocycles. The lowest BCUT2D eigenvalue weighted by Crippen LogP contribution is -2.47. The zero-order chi connectivity index (χ0) is 23.2. The third-order valence-corrected chi connectivity index (χ3v) is 6.87. The van der Waals surface area contributed by atoms with Crippen LogP contribution in [0.3, 0.4) is 0 Å². The molecule has 4 rings (SSSR count). The average Bonchev–Trinajstić information content (AvgIpc) is 3.32. The van der Waals surface area contributed by atoms with Crippen LogP contribution in [0, 0.1) is 0 Å². The van der Waals surface area contributed by atoms with Crippen LogP contribution >= 0.6 is 22.9 Å². The van der Waals surface area contributed by atoms with Gasteiger partial charge in [0, 0.05) is 28.6 Å². The standard InChI is InChI=1S/C26H25ClN2O3S/c1-2-14-28(26(31)19-6-4-3-5-7-19)17-25(30)29-15-12-24-22(13-16-33-24)23(29)18-32-21-10-8-20(27)9-11-21/h2-11,13,16,23H,1,12,14-15,17-18H2. The highest BCUT2D eigenvalue weighted by Gasteiger charge is 2.33. The van der Waals surface area contributed by atoms with Gasteiger partial charge in [0.25, 0.3) is 5.91 Å². The molecule has 1 aliphatic rings. The first-order valence-electron chi connectivity index (χ1n) is 10.8. The molecule has 1 aliphatic heterocycles. The number of halogens is 1. The molecule has 1 atom stereocenters. The van der Waals surface area contributed by atoms with E-state index in [0.717, 1.165) is 12.0 Å². The number of hydrogen-bond acceptors (Lipinski definition) is 4. The van der Waals surface area contributed by atoms with E-state index in [1.165, 1.54) is 9.78 Å². The molecule has 0 fully saturated rings. The Labute approximate surface area is 202 Å². The molecule has 0 N–H and O–H groups in total. The van der Waals surface area contributed by atoms with Crippen molar-refractivity contribution in [1.29, 1.82) is 0 Å². The van der Waals surface area contributed by atoms with Gasteiger partial charge in [-0.15, -0.1) is 17.9 Å². The zero-order valence-corrected chi connectivity index (χ0v) is 19.7. The van der Waals surface area contributed by atoms with E-state index in [0.29, 0.717) is 36.0 Å². The topological polar surface area (TPSA) is 49.9 Å². The fraction of sp³-hybridized carbons (Fsp3) is 0.231. The summed E-state index contributed by atoms with van der Waals surface area (Å²) in [4.78, 5) is 31.1. The summed E-state index contributed by atoms with van der Waals surface area (Å²) in [6.07, 6.45) is 2.44. The van der Waals surface area contributed by atoms with E-state index in [-0.39, 0.29) is 24.4 Å². The normalized spacial score (nSPS) is 14.9. The summed E-state index contributed by atoms with van der Waals surface area (Å²) in [6.45, 7) is 4.94. The molecule has 0 spiro atoms. The third kappa shape index (κ3) is 5.46. The first kappa shape index (κ1) is 23.1. The summed E-state index contributed by atoms with van der Waals surface area (Å²) in [5.41, 5.74) is 1.66. The predicted octanol–water partition coefficient (Wildman–Crippen LogP) is 5.23. The number of thiophene rings is 1. The summed E-state index contributed by atoms with van der Waals surface area (Å²) in [5, 5.41) is 2.69. The lowest BCUT2D eigenvalue weighted by Gasteiger charge is -2.37. The molecule has 33 heavy (non-hydrogen) atoms. The van der Waals surface area contributed by atoms with Crippen molar-refractivity contribution in [3.8, 4) is 5.75 Å². The van der Waals surface area contributed by atoms with Crippen LogP contribution in [0.1, 0.15) is 26.8 Å². The highest BCUT2D eigenvalue weighted by molar-refractivity contribution is 7.10. The Morgan fingerprint density at radius 1 is 1.15 bits per heavy atom. The second kappa shape index (κ2) is 10.7. The Bertz CT molecular complexity index is 1110. The van der Waals surface area contributed by atoms with Crippen molar-refractivity contribution in [3.05, 3.63) is 99.7 Å². The van der Waals surface area contributed by atoms with Crippen molar-refractivity contribution in [2.75, 3.05) is 26.2 Å². The van der Waals surface area contributed by atoms with Crippen LogP contribution in [-0.2, 0) is 11.2 Å². The van der Waals surface area contributed by atoms with Crippen molar-refractivity contribution in [3.63, 3.8) is 0 Å². The highest BCUT2D eigenvalue weighted by Crippen LogP contribution is 2.34. The maximum Gasteiger partial charge on any atom is 0.254 e. The first-order chi connectivity index (χ1) is 16.1. The zero-order valence-electron chi connectivity index (χ0n) is 18.2. The minimum absolute atomic E-state index is 0.0172. The van der Waals surface area contributed by atoms with Gasteiger partial charge in [0.15, 0.2) is 0 Å². The van der Waals surface area contributed by atoms with Gasteiger partial charge in [-0.1, -0.05) is 35.9 Å². The second-order valence-electron chi connectivity index (χ2n) is 7.76. The molecule has 0 saturated carbocycles. The van der Waals surface area contributed by atoms with Crippen molar-refractivity contribution in [2.24, 2.45) is 0 Å². The fourth-order valence-corrected chi connectivity index (χ4v) is 5.03. The number of ether oxygens (including phenoxy) is 1. The molecular formula is C26H25ClN2O3S. The minimum atomic E-state index is -0.222. The summed E-state index contributed by atoms with van der Waals surface area (Å²) < 4.78 is 6.03. The van der Waals surface area contributed by atoms with Crippen molar-refractivity contribution >= 4 is 34.8 Å². The molecule has 2 aromatic carbocycles. The van der Waals surface area contributed by atoms with Gasteiger partial charge in [-0.2, -0.15) is 0 Å². The Kier molecular flexibility index (Phi) is 7.47. The van der Waals surface area contributed by atoms with Gasteiger partial charge >= 0.3 is 0 Å². The van der Waals surface area contributed by atoms with Gasteiger partial charge in [-0.3, -0.25) is 9.59 Å². The Morgan fingerprint density at radius 2 is 1.91 bits per heavy atom. The summed E-state index contributed by atoms with van der Waals surface area (Å²) in [5.74, 6) is 0.399. The van der Waals surface area contributed by atoms with Crippen LogP contribution < -0.4 is 4.74 Å². The summed E-state index contributed by atoms with van der Waals surface area (Å²) in [6, 6.07) is 18.0. The molecule has 2 heterocycles. The molecule has 0 radical (unpaired) electrons. The van der Waals surface area contributed by atoms with Gasteiger partial charge in [0.1, 0.15) is 18.9 Å². The van der Waals surface area contributed by atoms with Crippen molar-refractivity contribution in [2.45, 2.75) is 12.5 Å². The monoisotopic (exact) mass is 480 g/mol. The van der Waals surface area contributed by atoms with Crippen molar-refractivity contribution in [1.82, 2.24) is 9.80 Å². The first-order valence-corrected chi connectivity index (χ1v) is 12.0. The maximum absolute atomic E-state index is 13.4. The number of carbonyl (C=O) groups is 2. The van der Waals surface area contributed by atoms with Gasteiger partial charge in [0.05, 0.1) is 6.04 Å². The van der Waals surface area contributed by atoms with Crippen LogP contribution in [0.4, 0.5) is 0 Å². The lowest BCUT2D eigenvalue weighted by molar-refractivity contribution is -0.135. The molecule has 3 aromatic rings. The molecule has 1 aromatic heterocycles. The Balaban J connectivity index is 1.51. The molecule has 7 heteroatoms. The van der Waals surface area contributed by atoms with E-state index >= 15 is 0 Å². The van der Waals surface area contributed by atoms with Gasteiger partial charge in [-0.05, 0) is 59.8 Å². The van der Waals surface area contributed by atoms with E-state index < -0.39 is 0 Å². The van der Waals surface area contributed by atoms with Crippen LogP contribution in [-0.4, -0.2) is 47.9 Å². The van der Waals surface area contributed by atoms with E-state index in [2.05, 4.69) is 18.0 Å². The van der Waals surface area contributed by atoms with E-state index in [9.17, 15) is 9.59 Å². The Hall–Kier alpha value is -3.09. The smallest absolute Gasteiger partial charge is 0.254 e. The Morgan fingerprint density at radius 3 is 2.64 bits per heavy atom. The van der Waals surface area contributed by atoms with E-state index in [1.807, 2.05) is 35.2 Å². The average molecular weight is 481 g/mol. The molecule has 0 saturated heterocycles. The van der Waals surface area contributed by atoms with Crippen LogP contribution in [0.25, 0.3) is 0 Å². The molecular weight excluding hydrogens is 456 g/mol. The molecule has 2 amide bonds. The van der Waals surface area contributed by atoms with Crippen molar-refractivity contribution < 1.29 is 14.3 Å². The molecule has 1 unspecified atom stereocenters. The van der Waals surface area contributed by atoms with Gasteiger partial charge in [0.2, 0.25) is 5.91 Å². The number of nitrogens with zero attached hydrogens (tertiary/aromatic N) is 2. The van der Waals surface area contributed by atoms with Gasteiger partial charge < -0.3 is 14.5 Å². The summed E-state index contributed by atoms with van der Waals surface area (Å²) >= 11 is 7.68. The number of rotatable bonds is 8. The number of fused-ring (bicyclic) bond motifs is 1. The number of hydrogen-bond donors (Lipinski definition) is 0. The quantitative estimate of drug-likeness (QED) is 0.414. The maximum atomic E-state index is 13.4. The number of benzene rings is 2. The van der Waals surface area contributed by atoms with Crippen LogP contribution in [0.2, 0.25) is 5.02 Å².